The monoisotopic (exact) mass is 600 g/mol. The van der Waals surface area contributed by atoms with Crippen LogP contribution < -0.4 is 0 Å². The van der Waals surface area contributed by atoms with Crippen LogP contribution in [0.2, 0.25) is 0 Å². The van der Waals surface area contributed by atoms with Gasteiger partial charge in [0, 0.05) is 32.7 Å². The molecule has 236 valence electrons. The van der Waals surface area contributed by atoms with Crippen LogP contribution in [0.25, 0.3) is 5.69 Å². The summed E-state index contributed by atoms with van der Waals surface area (Å²) in [6.45, 7) is 15.9. The molecule has 3 amide bonds. The van der Waals surface area contributed by atoms with E-state index in [1.807, 2.05) is 27.7 Å². The number of carbonyl (C=O) groups excluding carboxylic acids is 3. The Morgan fingerprint density at radius 1 is 1.07 bits per heavy atom. The van der Waals surface area contributed by atoms with E-state index in [0.29, 0.717) is 45.0 Å². The number of halogens is 1. The topological polar surface area (TPSA) is 110 Å². The molecule has 0 saturated carbocycles. The summed E-state index contributed by atoms with van der Waals surface area (Å²) in [5.41, 5.74) is 0.102. The van der Waals surface area contributed by atoms with E-state index in [4.69, 9.17) is 9.47 Å². The summed E-state index contributed by atoms with van der Waals surface area (Å²) in [5, 5.41) is 8.47. The number of hydrogen-bond donors (Lipinski definition) is 0. The lowest BCUT2D eigenvalue weighted by Gasteiger charge is -2.44. The molecule has 2 aliphatic heterocycles. The van der Waals surface area contributed by atoms with Gasteiger partial charge in [-0.1, -0.05) is 45.0 Å². The molecule has 0 N–H and O–H groups in total. The number of morpholine rings is 1. The SMILES string of the molecule is CC(C)CN(C(=O)c1nnn(-c2ccccc2F)c1C(C)C)C1C[C@@H](C(=O)N2CCOCC2)CN(C(=O)OC(C)(C)C)C1. The Morgan fingerprint density at radius 2 is 1.74 bits per heavy atom. The van der Waals surface area contributed by atoms with E-state index in [1.54, 1.807) is 53.7 Å². The number of para-hydroxylation sites is 1. The van der Waals surface area contributed by atoms with Crippen molar-refractivity contribution in [1.29, 1.82) is 0 Å². The van der Waals surface area contributed by atoms with Crippen LogP contribution in [-0.4, -0.2) is 105 Å². The fourth-order valence-electron chi connectivity index (χ4n) is 5.68. The molecule has 11 nitrogen and oxygen atoms in total. The Hall–Kier alpha value is -3.54. The van der Waals surface area contributed by atoms with Crippen LogP contribution in [0, 0.1) is 17.7 Å². The number of rotatable bonds is 7. The molecular formula is C31H45FN6O5. The lowest BCUT2D eigenvalue weighted by atomic mass is 9.91. The summed E-state index contributed by atoms with van der Waals surface area (Å²) in [4.78, 5) is 46.4. The Bertz CT molecular complexity index is 1300. The van der Waals surface area contributed by atoms with E-state index in [1.165, 1.54) is 10.7 Å². The number of likely N-dealkylation sites (tertiary alicyclic amines) is 1. The van der Waals surface area contributed by atoms with E-state index in [2.05, 4.69) is 10.3 Å². The minimum atomic E-state index is -0.724. The molecule has 2 fully saturated rings. The molecule has 43 heavy (non-hydrogen) atoms. The van der Waals surface area contributed by atoms with Crippen molar-refractivity contribution in [3.8, 4) is 5.69 Å². The quantitative estimate of drug-likeness (QED) is 0.470. The van der Waals surface area contributed by atoms with Crippen LogP contribution in [0.15, 0.2) is 24.3 Å². The number of piperidine rings is 1. The van der Waals surface area contributed by atoms with Gasteiger partial charge in [0.15, 0.2) is 5.69 Å². The number of ether oxygens (including phenoxy) is 2. The van der Waals surface area contributed by atoms with Gasteiger partial charge >= 0.3 is 6.09 Å². The highest BCUT2D eigenvalue weighted by molar-refractivity contribution is 5.94. The van der Waals surface area contributed by atoms with Crippen LogP contribution >= 0.6 is 0 Å². The first-order chi connectivity index (χ1) is 20.3. The van der Waals surface area contributed by atoms with Crippen molar-refractivity contribution in [3.05, 3.63) is 41.5 Å². The fourth-order valence-corrected chi connectivity index (χ4v) is 5.68. The summed E-state index contributed by atoms with van der Waals surface area (Å²) in [5.74, 6) is -1.55. The minimum absolute atomic E-state index is 0.0631. The van der Waals surface area contributed by atoms with Crippen LogP contribution in [0.4, 0.5) is 9.18 Å². The molecular weight excluding hydrogens is 555 g/mol. The zero-order valence-corrected chi connectivity index (χ0v) is 26.4. The van der Waals surface area contributed by atoms with Gasteiger partial charge in [-0.05, 0) is 51.2 Å². The van der Waals surface area contributed by atoms with Crippen LogP contribution in [-0.2, 0) is 14.3 Å². The molecule has 1 aromatic heterocycles. The molecule has 0 spiro atoms. The highest BCUT2D eigenvalue weighted by Gasteiger charge is 2.42. The predicted octanol–water partition coefficient (Wildman–Crippen LogP) is 4.11. The zero-order valence-electron chi connectivity index (χ0n) is 26.4. The van der Waals surface area contributed by atoms with Crippen molar-refractivity contribution in [3.63, 3.8) is 0 Å². The van der Waals surface area contributed by atoms with Gasteiger partial charge in [0.25, 0.3) is 5.91 Å². The first-order valence-corrected chi connectivity index (χ1v) is 15.1. The average molecular weight is 601 g/mol. The fraction of sp³-hybridized carbons (Fsp3) is 0.645. The third-order valence-electron chi connectivity index (χ3n) is 7.55. The Morgan fingerprint density at radius 3 is 2.35 bits per heavy atom. The van der Waals surface area contributed by atoms with Gasteiger partial charge in [0.2, 0.25) is 5.91 Å². The van der Waals surface area contributed by atoms with E-state index in [9.17, 15) is 18.8 Å². The van der Waals surface area contributed by atoms with E-state index < -0.39 is 29.5 Å². The maximum Gasteiger partial charge on any atom is 0.410 e. The molecule has 1 aromatic carbocycles. The molecule has 1 unspecified atom stereocenters. The molecule has 0 aliphatic carbocycles. The van der Waals surface area contributed by atoms with Gasteiger partial charge in [-0.3, -0.25) is 9.59 Å². The van der Waals surface area contributed by atoms with Gasteiger partial charge in [0.05, 0.1) is 30.9 Å². The van der Waals surface area contributed by atoms with Gasteiger partial charge in [0.1, 0.15) is 17.1 Å². The highest BCUT2D eigenvalue weighted by atomic mass is 19.1. The molecule has 3 heterocycles. The van der Waals surface area contributed by atoms with Crippen molar-refractivity contribution in [2.45, 2.75) is 72.4 Å². The molecule has 0 radical (unpaired) electrons. The Balaban J connectivity index is 1.71. The molecule has 0 bridgehead atoms. The predicted molar refractivity (Wildman–Crippen MR) is 158 cm³/mol. The van der Waals surface area contributed by atoms with Crippen molar-refractivity contribution >= 4 is 17.9 Å². The lowest BCUT2D eigenvalue weighted by molar-refractivity contribution is -0.142. The van der Waals surface area contributed by atoms with Crippen LogP contribution in [0.5, 0.6) is 0 Å². The van der Waals surface area contributed by atoms with Crippen LogP contribution in [0.3, 0.4) is 0 Å². The molecule has 12 heteroatoms. The lowest BCUT2D eigenvalue weighted by Crippen LogP contribution is -2.58. The second-order valence-corrected chi connectivity index (χ2v) is 13.1. The molecule has 2 aromatic rings. The summed E-state index contributed by atoms with van der Waals surface area (Å²) in [7, 11) is 0. The number of benzene rings is 1. The zero-order chi connectivity index (χ0) is 31.5. The maximum absolute atomic E-state index is 14.8. The van der Waals surface area contributed by atoms with Crippen molar-refractivity contribution in [2.75, 3.05) is 45.9 Å². The van der Waals surface area contributed by atoms with Crippen molar-refractivity contribution < 1.29 is 28.2 Å². The number of hydrogen-bond acceptors (Lipinski definition) is 7. The number of amides is 3. The molecule has 2 atom stereocenters. The number of carbonyl (C=O) groups is 3. The average Bonchev–Trinajstić information content (AvgIpc) is 3.40. The van der Waals surface area contributed by atoms with E-state index >= 15 is 0 Å². The van der Waals surface area contributed by atoms with Gasteiger partial charge in [-0.2, -0.15) is 0 Å². The molecule has 2 aliphatic rings. The Kier molecular flexibility index (Phi) is 10.1. The van der Waals surface area contributed by atoms with Gasteiger partial charge < -0.3 is 24.2 Å². The minimum Gasteiger partial charge on any atom is -0.444 e. The third-order valence-corrected chi connectivity index (χ3v) is 7.55. The maximum atomic E-state index is 14.8. The molecule has 4 rings (SSSR count). The summed E-state index contributed by atoms with van der Waals surface area (Å²) in [6.07, 6.45) is -0.144. The summed E-state index contributed by atoms with van der Waals surface area (Å²) in [6, 6.07) is 5.75. The highest BCUT2D eigenvalue weighted by Crippen LogP contribution is 2.29. The second-order valence-electron chi connectivity index (χ2n) is 13.1. The van der Waals surface area contributed by atoms with E-state index in [0.717, 1.165) is 0 Å². The largest absolute Gasteiger partial charge is 0.444 e. The normalized spacial score (nSPS) is 19.6. The first kappa shape index (κ1) is 32.4. The third kappa shape index (κ3) is 7.70. The smallest absolute Gasteiger partial charge is 0.410 e. The number of aromatic nitrogens is 3. The van der Waals surface area contributed by atoms with Crippen molar-refractivity contribution in [1.82, 2.24) is 29.7 Å². The Labute approximate surface area is 253 Å². The van der Waals surface area contributed by atoms with Gasteiger partial charge in [-0.15, -0.1) is 5.10 Å². The second kappa shape index (κ2) is 13.4. The summed E-state index contributed by atoms with van der Waals surface area (Å²) < 4.78 is 27.3. The van der Waals surface area contributed by atoms with Crippen LogP contribution in [0.1, 0.15) is 77.0 Å². The number of nitrogens with zero attached hydrogens (tertiary/aromatic N) is 6. The standard InChI is InChI=1S/C31H45FN6O5/c1-20(2)17-37(29(40)26-27(21(3)4)38(34-33-26)25-11-9-8-10-24(25)32)23-16-22(28(39)35-12-14-42-15-13-35)18-36(19-23)30(41)43-31(5,6)7/h8-11,20-23H,12-19H2,1-7H3/t22-,23?/m1/s1. The molecule has 2 saturated heterocycles. The summed E-state index contributed by atoms with van der Waals surface area (Å²) >= 11 is 0. The van der Waals surface area contributed by atoms with Crippen molar-refractivity contribution in [2.24, 2.45) is 11.8 Å². The van der Waals surface area contributed by atoms with E-state index in [-0.39, 0.29) is 48.1 Å². The first-order valence-electron chi connectivity index (χ1n) is 15.1. The van der Waals surface area contributed by atoms with Gasteiger partial charge in [-0.25, -0.2) is 13.9 Å².